The molecule has 5 rings (SSSR count). The first-order valence-electron chi connectivity index (χ1n) is 8.41. The number of carbonyl (C=O) groups is 1. The monoisotopic (exact) mass is 303 g/mol. The number of carbonyl (C=O) groups excluding carboxylic acids is 1. The minimum Gasteiger partial charge on any atom is -0.464 e. The lowest BCUT2D eigenvalue weighted by Gasteiger charge is -2.59. The van der Waals surface area contributed by atoms with Gasteiger partial charge in [-0.05, 0) is 69.4 Å². The molecule has 1 aromatic rings. The predicted octanol–water partition coefficient (Wildman–Crippen LogP) is 2.88. The lowest BCUT2D eigenvalue weighted by atomic mass is 9.47. The molecule has 4 fully saturated rings. The topological polar surface area (TPSA) is 53.7 Å². The fourth-order valence-electron chi connectivity index (χ4n) is 5.74. The molecule has 0 saturated heterocycles. The number of aryl methyl sites for hydroxylation is 1. The highest BCUT2D eigenvalue weighted by atomic mass is 16.3. The number of nitrogens with zero attached hydrogens (tertiary/aromatic N) is 1. The normalized spacial score (nSPS) is 39.2. The maximum absolute atomic E-state index is 13.1. The van der Waals surface area contributed by atoms with Gasteiger partial charge in [0.15, 0.2) is 0 Å². The smallest absolute Gasteiger partial charge is 0.229 e. The van der Waals surface area contributed by atoms with Crippen LogP contribution in [0.3, 0.4) is 0 Å². The summed E-state index contributed by atoms with van der Waals surface area (Å²) in [6.07, 6.45) is 5.60. The van der Waals surface area contributed by atoms with Crippen molar-refractivity contribution in [1.82, 2.24) is 4.90 Å². The minimum atomic E-state index is -0.581. The molecule has 4 heteroatoms. The Balaban J connectivity index is 1.54. The van der Waals surface area contributed by atoms with E-state index in [1.54, 1.807) is 4.90 Å². The zero-order chi connectivity index (χ0) is 15.5. The van der Waals surface area contributed by atoms with Crippen LogP contribution in [0.5, 0.6) is 0 Å². The third-order valence-electron chi connectivity index (χ3n) is 6.02. The van der Waals surface area contributed by atoms with Crippen molar-refractivity contribution >= 4 is 5.91 Å². The number of rotatable bonds is 3. The molecule has 1 amide bonds. The van der Waals surface area contributed by atoms with Gasteiger partial charge in [0.05, 0.1) is 17.6 Å². The summed E-state index contributed by atoms with van der Waals surface area (Å²) in [4.78, 5) is 14.9. The van der Waals surface area contributed by atoms with E-state index >= 15 is 0 Å². The van der Waals surface area contributed by atoms with Crippen molar-refractivity contribution in [3.63, 3.8) is 0 Å². The van der Waals surface area contributed by atoms with E-state index in [-0.39, 0.29) is 11.3 Å². The molecule has 0 aromatic carbocycles. The van der Waals surface area contributed by atoms with Gasteiger partial charge in [0.2, 0.25) is 5.91 Å². The summed E-state index contributed by atoms with van der Waals surface area (Å²) in [5.41, 5.74) is -0.906. The van der Waals surface area contributed by atoms with Gasteiger partial charge >= 0.3 is 0 Å². The van der Waals surface area contributed by atoms with Crippen LogP contribution in [0.1, 0.15) is 50.0 Å². The van der Waals surface area contributed by atoms with Crippen molar-refractivity contribution in [1.29, 1.82) is 0 Å². The van der Waals surface area contributed by atoms with E-state index in [1.165, 1.54) is 6.42 Å². The zero-order valence-corrected chi connectivity index (χ0v) is 13.5. The van der Waals surface area contributed by atoms with E-state index in [0.29, 0.717) is 24.8 Å². The van der Waals surface area contributed by atoms with Crippen molar-refractivity contribution in [3.05, 3.63) is 23.7 Å². The van der Waals surface area contributed by atoms with Crippen molar-refractivity contribution in [2.24, 2.45) is 17.3 Å². The van der Waals surface area contributed by atoms with Crippen LogP contribution in [0.2, 0.25) is 0 Å². The zero-order valence-electron chi connectivity index (χ0n) is 13.5. The first kappa shape index (κ1) is 14.3. The van der Waals surface area contributed by atoms with E-state index in [9.17, 15) is 9.90 Å². The van der Waals surface area contributed by atoms with Crippen molar-refractivity contribution in [2.45, 2.75) is 57.6 Å². The summed E-state index contributed by atoms with van der Waals surface area (Å²) in [6.45, 7) is 2.43. The fourth-order valence-corrected chi connectivity index (χ4v) is 5.74. The molecular weight excluding hydrogens is 278 g/mol. The van der Waals surface area contributed by atoms with Crippen LogP contribution in [-0.2, 0) is 11.3 Å². The third-order valence-corrected chi connectivity index (χ3v) is 6.02. The third kappa shape index (κ3) is 2.19. The minimum absolute atomic E-state index is 0.203. The summed E-state index contributed by atoms with van der Waals surface area (Å²) in [5.74, 6) is 2.98. The molecule has 120 valence electrons. The summed E-state index contributed by atoms with van der Waals surface area (Å²) < 4.78 is 5.60. The molecule has 22 heavy (non-hydrogen) atoms. The van der Waals surface area contributed by atoms with Crippen molar-refractivity contribution < 1.29 is 14.3 Å². The lowest BCUT2D eigenvalue weighted by molar-refractivity contribution is -0.185. The van der Waals surface area contributed by atoms with Gasteiger partial charge in [-0.2, -0.15) is 0 Å². The van der Waals surface area contributed by atoms with Crippen molar-refractivity contribution in [2.75, 3.05) is 7.05 Å². The predicted molar refractivity (Wildman–Crippen MR) is 82.0 cm³/mol. The average Bonchev–Trinajstić information content (AvgIpc) is 2.80. The molecule has 4 aliphatic rings. The Morgan fingerprint density at radius 2 is 2.00 bits per heavy atom. The standard InChI is InChI=1S/C18H25NO3/c1-12-3-4-15(22-12)10-19(2)16(20)17-6-13-5-14(7-17)9-18(21,8-13)11-17/h3-4,13-14,21H,5-11H2,1-2H3/t13-,14+,17?,18?. The molecule has 2 unspecified atom stereocenters. The van der Waals surface area contributed by atoms with Gasteiger partial charge in [0, 0.05) is 7.05 Å². The molecular formula is C18H25NO3. The number of aliphatic hydroxyl groups is 1. The van der Waals surface area contributed by atoms with Gasteiger partial charge in [-0.25, -0.2) is 0 Å². The maximum atomic E-state index is 13.1. The van der Waals surface area contributed by atoms with E-state index in [2.05, 4.69) is 0 Å². The van der Waals surface area contributed by atoms with Gasteiger partial charge in [-0.15, -0.1) is 0 Å². The Morgan fingerprint density at radius 3 is 2.55 bits per heavy atom. The first-order valence-corrected chi connectivity index (χ1v) is 8.41. The van der Waals surface area contributed by atoms with Crippen LogP contribution in [0.15, 0.2) is 16.5 Å². The number of amides is 1. The summed E-state index contributed by atoms with van der Waals surface area (Å²) in [6, 6.07) is 3.87. The SMILES string of the molecule is Cc1ccc(CN(C)C(=O)C23C[C@@H]4C[C@@H](CC(O)(C4)C2)C3)o1. The van der Waals surface area contributed by atoms with Gasteiger partial charge in [0.1, 0.15) is 11.5 Å². The second kappa shape index (κ2) is 4.60. The molecule has 1 N–H and O–H groups in total. The molecule has 0 aliphatic heterocycles. The van der Waals surface area contributed by atoms with Crippen LogP contribution in [0, 0.1) is 24.2 Å². The van der Waals surface area contributed by atoms with Gasteiger partial charge in [-0.1, -0.05) is 0 Å². The second-order valence-corrected chi connectivity index (χ2v) is 8.14. The molecule has 4 bridgehead atoms. The first-order chi connectivity index (χ1) is 10.4. The maximum Gasteiger partial charge on any atom is 0.229 e. The van der Waals surface area contributed by atoms with Crippen LogP contribution in [0.4, 0.5) is 0 Å². The molecule has 4 aliphatic carbocycles. The quantitative estimate of drug-likeness (QED) is 0.934. The summed E-state index contributed by atoms with van der Waals surface area (Å²) >= 11 is 0. The molecule has 0 spiro atoms. The molecule has 1 heterocycles. The fraction of sp³-hybridized carbons (Fsp3) is 0.722. The van der Waals surface area contributed by atoms with Crippen LogP contribution in [0.25, 0.3) is 0 Å². The van der Waals surface area contributed by atoms with E-state index in [0.717, 1.165) is 37.2 Å². The van der Waals surface area contributed by atoms with E-state index in [1.807, 2.05) is 26.1 Å². The number of hydrogen-bond donors (Lipinski definition) is 1. The van der Waals surface area contributed by atoms with Gasteiger partial charge < -0.3 is 14.4 Å². The highest BCUT2D eigenvalue weighted by Crippen LogP contribution is 2.62. The Kier molecular flexibility index (Phi) is 3.00. The number of hydrogen-bond acceptors (Lipinski definition) is 3. The highest BCUT2D eigenvalue weighted by Gasteiger charge is 2.60. The van der Waals surface area contributed by atoms with Gasteiger partial charge in [-0.3, -0.25) is 4.79 Å². The van der Waals surface area contributed by atoms with Gasteiger partial charge in [0.25, 0.3) is 0 Å². The largest absolute Gasteiger partial charge is 0.464 e. The Morgan fingerprint density at radius 1 is 1.32 bits per heavy atom. The van der Waals surface area contributed by atoms with Crippen molar-refractivity contribution in [3.8, 4) is 0 Å². The van der Waals surface area contributed by atoms with Crippen LogP contribution < -0.4 is 0 Å². The molecule has 4 atom stereocenters. The average molecular weight is 303 g/mol. The summed E-state index contributed by atoms with van der Waals surface area (Å²) in [5, 5.41) is 10.8. The summed E-state index contributed by atoms with van der Waals surface area (Å²) in [7, 11) is 1.86. The molecule has 0 radical (unpaired) electrons. The number of furan rings is 1. The van der Waals surface area contributed by atoms with Crippen LogP contribution >= 0.6 is 0 Å². The molecule has 4 nitrogen and oxygen atoms in total. The van der Waals surface area contributed by atoms with E-state index in [4.69, 9.17) is 4.42 Å². The lowest BCUT2D eigenvalue weighted by Crippen LogP contribution is -2.60. The molecule has 1 aromatic heterocycles. The highest BCUT2D eigenvalue weighted by molar-refractivity contribution is 5.83. The second-order valence-electron chi connectivity index (χ2n) is 8.14. The Hall–Kier alpha value is -1.29. The van der Waals surface area contributed by atoms with E-state index < -0.39 is 5.60 Å². The van der Waals surface area contributed by atoms with Crippen LogP contribution in [-0.4, -0.2) is 28.6 Å². The Bertz CT molecular complexity index is 591. The molecule has 4 saturated carbocycles. The Labute approximate surface area is 131 Å².